The van der Waals surface area contributed by atoms with Crippen LogP contribution in [0.25, 0.3) is 0 Å². The van der Waals surface area contributed by atoms with Crippen LogP contribution in [0.2, 0.25) is 5.02 Å². The van der Waals surface area contributed by atoms with Crippen molar-refractivity contribution in [1.29, 1.82) is 0 Å². The molecule has 0 aliphatic rings. The molecule has 0 bridgehead atoms. The van der Waals surface area contributed by atoms with E-state index in [-0.39, 0.29) is 0 Å². The third-order valence-electron chi connectivity index (χ3n) is 2.42. The van der Waals surface area contributed by atoms with Crippen LogP contribution in [0.4, 0.5) is 5.69 Å². The summed E-state index contributed by atoms with van der Waals surface area (Å²) in [5.74, 6) is 0. The van der Waals surface area contributed by atoms with E-state index in [4.69, 9.17) is 11.6 Å². The lowest BCUT2D eigenvalue weighted by atomic mass is 10.2. The number of hydrogen-bond donors (Lipinski definition) is 1. The zero-order chi connectivity index (χ0) is 11.4. The minimum Gasteiger partial charge on any atom is -0.381 e. The third kappa shape index (κ3) is 2.74. The molecule has 2 rings (SSSR count). The van der Waals surface area contributed by atoms with Gasteiger partial charge in [-0.1, -0.05) is 17.7 Å². The van der Waals surface area contributed by atoms with E-state index in [0.717, 1.165) is 22.8 Å². The van der Waals surface area contributed by atoms with Gasteiger partial charge in [0.1, 0.15) is 0 Å². The molecule has 1 heterocycles. The molecular weight excluding hydrogens is 220 g/mol. The topological polar surface area (TPSA) is 24.9 Å². The van der Waals surface area contributed by atoms with Gasteiger partial charge in [0.25, 0.3) is 0 Å². The van der Waals surface area contributed by atoms with Crippen molar-refractivity contribution in [3.63, 3.8) is 0 Å². The summed E-state index contributed by atoms with van der Waals surface area (Å²) in [4.78, 5) is 3.98. The van der Waals surface area contributed by atoms with Crippen molar-refractivity contribution in [2.75, 3.05) is 5.32 Å². The van der Waals surface area contributed by atoms with Crippen LogP contribution >= 0.6 is 11.6 Å². The van der Waals surface area contributed by atoms with Crippen molar-refractivity contribution in [3.05, 3.63) is 58.9 Å². The van der Waals surface area contributed by atoms with Crippen LogP contribution < -0.4 is 5.32 Å². The van der Waals surface area contributed by atoms with Gasteiger partial charge in [-0.15, -0.1) is 0 Å². The van der Waals surface area contributed by atoms with Gasteiger partial charge in [0.2, 0.25) is 0 Å². The lowest BCUT2D eigenvalue weighted by molar-refractivity contribution is 1.13. The molecule has 0 spiro atoms. The monoisotopic (exact) mass is 232 g/mol. The highest BCUT2D eigenvalue weighted by Crippen LogP contribution is 2.20. The first kappa shape index (κ1) is 11.0. The Bertz CT molecular complexity index is 469. The van der Waals surface area contributed by atoms with Crippen molar-refractivity contribution in [2.24, 2.45) is 0 Å². The molecule has 16 heavy (non-hydrogen) atoms. The second kappa shape index (κ2) is 4.99. The van der Waals surface area contributed by atoms with Crippen LogP contribution in [0.15, 0.2) is 42.7 Å². The molecule has 1 aromatic heterocycles. The van der Waals surface area contributed by atoms with E-state index < -0.39 is 0 Å². The van der Waals surface area contributed by atoms with Crippen molar-refractivity contribution in [2.45, 2.75) is 13.5 Å². The Labute approximate surface area is 100 Å². The normalized spacial score (nSPS) is 10.1. The standard InChI is InChI=1S/C13H13ClN2/c1-10-2-3-12(8-13(10)14)16-9-11-4-6-15-7-5-11/h2-8,16H,9H2,1H3. The lowest BCUT2D eigenvalue weighted by Gasteiger charge is -2.07. The van der Waals surface area contributed by atoms with Gasteiger partial charge in [0.15, 0.2) is 0 Å². The number of nitrogens with zero attached hydrogens (tertiary/aromatic N) is 1. The van der Waals surface area contributed by atoms with Gasteiger partial charge in [-0.2, -0.15) is 0 Å². The van der Waals surface area contributed by atoms with Crippen LogP contribution in [0.5, 0.6) is 0 Å². The van der Waals surface area contributed by atoms with E-state index in [1.54, 1.807) is 12.4 Å². The van der Waals surface area contributed by atoms with E-state index >= 15 is 0 Å². The van der Waals surface area contributed by atoms with Gasteiger partial charge in [-0.3, -0.25) is 4.98 Å². The predicted octanol–water partition coefficient (Wildman–Crippen LogP) is 3.66. The number of aryl methyl sites for hydroxylation is 1. The summed E-state index contributed by atoms with van der Waals surface area (Å²) in [6.45, 7) is 2.77. The van der Waals surface area contributed by atoms with E-state index in [9.17, 15) is 0 Å². The molecular formula is C13H13ClN2. The maximum atomic E-state index is 6.05. The summed E-state index contributed by atoms with van der Waals surface area (Å²) in [6, 6.07) is 9.96. The Morgan fingerprint density at radius 1 is 1.19 bits per heavy atom. The quantitative estimate of drug-likeness (QED) is 0.874. The van der Waals surface area contributed by atoms with Gasteiger partial charge in [-0.25, -0.2) is 0 Å². The number of aromatic nitrogens is 1. The fraction of sp³-hybridized carbons (Fsp3) is 0.154. The molecule has 0 unspecified atom stereocenters. The number of pyridine rings is 1. The summed E-state index contributed by atoms with van der Waals surface area (Å²) in [5.41, 5.74) is 3.33. The molecule has 0 radical (unpaired) electrons. The molecule has 0 saturated carbocycles. The van der Waals surface area contributed by atoms with Gasteiger partial charge < -0.3 is 5.32 Å². The second-order valence-corrected chi connectivity index (χ2v) is 4.08. The second-order valence-electron chi connectivity index (χ2n) is 3.67. The van der Waals surface area contributed by atoms with Crippen molar-refractivity contribution >= 4 is 17.3 Å². The number of hydrogen-bond acceptors (Lipinski definition) is 2. The van der Waals surface area contributed by atoms with E-state index in [2.05, 4.69) is 10.3 Å². The summed E-state index contributed by atoms with van der Waals surface area (Å²) >= 11 is 6.05. The summed E-state index contributed by atoms with van der Waals surface area (Å²) in [5, 5.41) is 4.11. The van der Waals surface area contributed by atoms with E-state index in [0.29, 0.717) is 0 Å². The first-order valence-corrected chi connectivity index (χ1v) is 5.52. The molecule has 1 aromatic carbocycles. The highest BCUT2D eigenvalue weighted by Gasteiger charge is 1.97. The molecule has 0 aliphatic carbocycles. The molecule has 1 N–H and O–H groups in total. The van der Waals surface area contributed by atoms with Crippen molar-refractivity contribution in [1.82, 2.24) is 4.98 Å². The first-order valence-electron chi connectivity index (χ1n) is 5.14. The molecule has 0 atom stereocenters. The van der Waals surface area contributed by atoms with Crippen LogP contribution in [0, 0.1) is 6.92 Å². The van der Waals surface area contributed by atoms with Gasteiger partial charge >= 0.3 is 0 Å². The molecule has 0 aliphatic heterocycles. The molecule has 3 heteroatoms. The highest BCUT2D eigenvalue weighted by atomic mass is 35.5. The predicted molar refractivity (Wildman–Crippen MR) is 67.8 cm³/mol. The summed E-state index contributed by atoms with van der Waals surface area (Å²) < 4.78 is 0. The number of rotatable bonds is 3. The summed E-state index contributed by atoms with van der Waals surface area (Å²) in [6.07, 6.45) is 3.58. The minimum absolute atomic E-state index is 0.780. The summed E-state index contributed by atoms with van der Waals surface area (Å²) in [7, 11) is 0. The molecule has 0 saturated heterocycles. The van der Waals surface area contributed by atoms with E-state index in [1.807, 2.05) is 37.3 Å². The maximum absolute atomic E-state index is 6.05. The van der Waals surface area contributed by atoms with E-state index in [1.165, 1.54) is 5.56 Å². The van der Waals surface area contributed by atoms with Crippen molar-refractivity contribution < 1.29 is 0 Å². The zero-order valence-corrected chi connectivity index (χ0v) is 9.83. The molecule has 2 nitrogen and oxygen atoms in total. The third-order valence-corrected chi connectivity index (χ3v) is 2.83. The molecule has 2 aromatic rings. The Morgan fingerprint density at radius 3 is 2.62 bits per heavy atom. The average Bonchev–Trinajstić information content (AvgIpc) is 2.32. The smallest absolute Gasteiger partial charge is 0.0455 e. The van der Waals surface area contributed by atoms with Crippen LogP contribution in [0.1, 0.15) is 11.1 Å². The molecule has 82 valence electrons. The van der Waals surface area contributed by atoms with Crippen LogP contribution in [-0.4, -0.2) is 4.98 Å². The number of halogens is 1. The number of anilines is 1. The number of benzene rings is 1. The average molecular weight is 233 g/mol. The SMILES string of the molecule is Cc1ccc(NCc2ccncc2)cc1Cl. The highest BCUT2D eigenvalue weighted by molar-refractivity contribution is 6.31. The number of nitrogens with one attached hydrogen (secondary N) is 1. The zero-order valence-electron chi connectivity index (χ0n) is 9.07. The Kier molecular flexibility index (Phi) is 3.42. The first-order chi connectivity index (χ1) is 7.75. The Morgan fingerprint density at radius 2 is 1.94 bits per heavy atom. The maximum Gasteiger partial charge on any atom is 0.0455 e. The molecule has 0 amide bonds. The Balaban J connectivity index is 2.03. The largest absolute Gasteiger partial charge is 0.381 e. The fourth-order valence-corrected chi connectivity index (χ4v) is 1.59. The lowest BCUT2D eigenvalue weighted by Crippen LogP contribution is -1.99. The molecule has 0 fully saturated rings. The van der Waals surface area contributed by atoms with Crippen molar-refractivity contribution in [3.8, 4) is 0 Å². The van der Waals surface area contributed by atoms with Gasteiger partial charge in [0.05, 0.1) is 0 Å². The fourth-order valence-electron chi connectivity index (χ4n) is 1.41. The van der Waals surface area contributed by atoms with Crippen LogP contribution in [0.3, 0.4) is 0 Å². The van der Waals surface area contributed by atoms with Crippen LogP contribution in [-0.2, 0) is 6.54 Å². The van der Waals surface area contributed by atoms with Gasteiger partial charge in [-0.05, 0) is 42.3 Å². The van der Waals surface area contributed by atoms with Gasteiger partial charge in [0, 0.05) is 29.6 Å². The minimum atomic E-state index is 0.780. The Hall–Kier alpha value is -1.54.